The van der Waals surface area contributed by atoms with E-state index in [4.69, 9.17) is 4.42 Å². The lowest BCUT2D eigenvalue weighted by atomic mass is 10.1. The van der Waals surface area contributed by atoms with E-state index in [1.54, 1.807) is 30.7 Å². The van der Waals surface area contributed by atoms with Gasteiger partial charge in [-0.1, -0.05) is 0 Å². The van der Waals surface area contributed by atoms with Gasteiger partial charge in [-0.2, -0.15) is 4.39 Å². The maximum Gasteiger partial charge on any atom is 0.213 e. The van der Waals surface area contributed by atoms with E-state index in [0.29, 0.717) is 22.6 Å². The number of hydrogen-bond acceptors (Lipinski definition) is 4. The molecule has 0 unspecified atom stereocenters. The maximum absolute atomic E-state index is 13.2. The van der Waals surface area contributed by atoms with Gasteiger partial charge in [-0.25, -0.2) is 15.0 Å². The summed E-state index contributed by atoms with van der Waals surface area (Å²) in [7, 11) is 0. The van der Waals surface area contributed by atoms with E-state index < -0.39 is 5.95 Å². The zero-order chi connectivity index (χ0) is 12.4. The van der Waals surface area contributed by atoms with Crippen molar-refractivity contribution in [2.24, 2.45) is 0 Å². The van der Waals surface area contributed by atoms with Crippen LogP contribution in [0.4, 0.5) is 4.39 Å². The van der Waals surface area contributed by atoms with Gasteiger partial charge in [0.05, 0.1) is 6.26 Å². The molecule has 5 heteroatoms. The van der Waals surface area contributed by atoms with E-state index in [9.17, 15) is 4.39 Å². The molecule has 0 aromatic carbocycles. The fourth-order valence-corrected chi connectivity index (χ4v) is 1.72. The molecule has 0 saturated carbocycles. The lowest BCUT2D eigenvalue weighted by Gasteiger charge is -2.05. The molecule has 0 radical (unpaired) electrons. The van der Waals surface area contributed by atoms with E-state index in [2.05, 4.69) is 15.0 Å². The third-order valence-electron chi connectivity index (χ3n) is 2.50. The maximum atomic E-state index is 13.2. The Kier molecular flexibility index (Phi) is 2.57. The Balaban J connectivity index is 2.18. The molecule has 4 nitrogen and oxygen atoms in total. The van der Waals surface area contributed by atoms with E-state index in [0.717, 1.165) is 0 Å². The highest BCUT2D eigenvalue weighted by molar-refractivity contribution is 5.77. The van der Waals surface area contributed by atoms with E-state index >= 15 is 0 Å². The summed E-state index contributed by atoms with van der Waals surface area (Å²) >= 11 is 0. The van der Waals surface area contributed by atoms with Crippen molar-refractivity contribution in [3.8, 4) is 22.6 Å². The summed E-state index contributed by atoms with van der Waals surface area (Å²) in [5.74, 6) is 0.0753. The summed E-state index contributed by atoms with van der Waals surface area (Å²) in [6, 6.07) is 6.61. The van der Waals surface area contributed by atoms with Crippen LogP contribution in [-0.2, 0) is 0 Å². The van der Waals surface area contributed by atoms with Crippen molar-refractivity contribution < 1.29 is 8.81 Å². The van der Waals surface area contributed by atoms with Crippen LogP contribution in [0.5, 0.6) is 0 Å². The molecule has 3 rings (SSSR count). The van der Waals surface area contributed by atoms with Gasteiger partial charge in [-0.05, 0) is 23.8 Å². The Bertz CT molecular complexity index is 668. The smallest absolute Gasteiger partial charge is 0.213 e. The molecule has 0 spiro atoms. The van der Waals surface area contributed by atoms with Crippen LogP contribution in [0.15, 0.2) is 53.7 Å². The summed E-state index contributed by atoms with van der Waals surface area (Å²) in [4.78, 5) is 11.7. The molecule has 0 bridgehead atoms. The van der Waals surface area contributed by atoms with Gasteiger partial charge in [0.1, 0.15) is 12.0 Å². The highest BCUT2D eigenvalue weighted by Gasteiger charge is 2.11. The minimum Gasteiger partial charge on any atom is -0.463 e. The fraction of sp³-hybridized carbons (Fsp3) is 0. The number of nitrogens with zero attached hydrogens (tertiary/aromatic N) is 3. The summed E-state index contributed by atoms with van der Waals surface area (Å²) in [6.07, 6.45) is 6.02. The van der Waals surface area contributed by atoms with Gasteiger partial charge in [0, 0.05) is 24.0 Å². The van der Waals surface area contributed by atoms with E-state index in [1.165, 1.54) is 18.6 Å². The minimum absolute atomic E-state index is 0.540. The Hall–Kier alpha value is -2.56. The van der Waals surface area contributed by atoms with Crippen LogP contribution in [0, 0.1) is 5.95 Å². The van der Waals surface area contributed by atoms with Crippen molar-refractivity contribution in [2.75, 3.05) is 0 Å². The highest BCUT2D eigenvalue weighted by Crippen LogP contribution is 2.29. The lowest BCUT2D eigenvalue weighted by Crippen LogP contribution is -1.91. The van der Waals surface area contributed by atoms with Gasteiger partial charge < -0.3 is 4.42 Å². The normalized spacial score (nSPS) is 10.5. The summed E-state index contributed by atoms with van der Waals surface area (Å²) < 4.78 is 18.5. The van der Waals surface area contributed by atoms with Gasteiger partial charge >= 0.3 is 0 Å². The molecule has 88 valence electrons. The lowest BCUT2D eigenvalue weighted by molar-refractivity contribution is 0.579. The van der Waals surface area contributed by atoms with Crippen LogP contribution < -0.4 is 0 Å². The number of rotatable bonds is 2. The van der Waals surface area contributed by atoms with Crippen molar-refractivity contribution in [3.05, 3.63) is 55.2 Å². The standard InChI is InChI=1S/C13H8FN3O/c14-12-6-9(3-4-16-12)10-7-15-8-17-13(10)11-2-1-5-18-11/h1-8H. The summed E-state index contributed by atoms with van der Waals surface area (Å²) in [5, 5.41) is 0. The molecule has 0 amide bonds. The molecule has 0 N–H and O–H groups in total. The van der Waals surface area contributed by atoms with Gasteiger partial charge in [0.15, 0.2) is 5.76 Å². The first-order chi connectivity index (χ1) is 8.84. The summed E-state index contributed by atoms with van der Waals surface area (Å²) in [5.41, 5.74) is 1.99. The predicted molar refractivity (Wildman–Crippen MR) is 62.9 cm³/mol. The van der Waals surface area contributed by atoms with Crippen LogP contribution in [0.1, 0.15) is 0 Å². The molecule has 3 aromatic heterocycles. The molecule has 3 heterocycles. The molecule has 0 aliphatic heterocycles. The Labute approximate surface area is 102 Å². The molecule has 0 aliphatic carbocycles. The second-order valence-electron chi connectivity index (χ2n) is 3.63. The zero-order valence-electron chi connectivity index (χ0n) is 9.25. The second kappa shape index (κ2) is 4.37. The second-order valence-corrected chi connectivity index (χ2v) is 3.63. The van der Waals surface area contributed by atoms with Crippen molar-refractivity contribution in [1.82, 2.24) is 15.0 Å². The first-order valence-electron chi connectivity index (χ1n) is 5.30. The molecule has 0 atom stereocenters. The third-order valence-corrected chi connectivity index (χ3v) is 2.50. The zero-order valence-corrected chi connectivity index (χ0v) is 9.25. The average Bonchev–Trinajstić information content (AvgIpc) is 2.92. The quantitative estimate of drug-likeness (QED) is 0.647. The topological polar surface area (TPSA) is 51.8 Å². The Morgan fingerprint density at radius 2 is 2.11 bits per heavy atom. The SMILES string of the molecule is Fc1cc(-c2cncnc2-c2ccco2)ccn1. The molecular weight excluding hydrogens is 233 g/mol. The Morgan fingerprint density at radius 3 is 2.89 bits per heavy atom. The van der Waals surface area contributed by atoms with E-state index in [1.807, 2.05) is 0 Å². The molecule has 0 aliphatic rings. The fourth-order valence-electron chi connectivity index (χ4n) is 1.72. The number of hydrogen-bond donors (Lipinski definition) is 0. The first kappa shape index (κ1) is 10.6. The number of furan rings is 1. The van der Waals surface area contributed by atoms with Crippen molar-refractivity contribution in [1.29, 1.82) is 0 Å². The van der Waals surface area contributed by atoms with Gasteiger partial charge in [-0.15, -0.1) is 0 Å². The molecule has 0 fully saturated rings. The van der Waals surface area contributed by atoms with Crippen LogP contribution in [0.2, 0.25) is 0 Å². The van der Waals surface area contributed by atoms with Gasteiger partial charge in [0.2, 0.25) is 5.95 Å². The Morgan fingerprint density at radius 1 is 1.17 bits per heavy atom. The average molecular weight is 241 g/mol. The first-order valence-corrected chi connectivity index (χ1v) is 5.30. The number of aromatic nitrogens is 3. The largest absolute Gasteiger partial charge is 0.463 e. The number of halogens is 1. The van der Waals surface area contributed by atoms with Gasteiger partial charge in [-0.3, -0.25) is 0 Å². The number of pyridine rings is 1. The molecular formula is C13H8FN3O. The van der Waals surface area contributed by atoms with Crippen LogP contribution >= 0.6 is 0 Å². The van der Waals surface area contributed by atoms with Crippen molar-refractivity contribution in [3.63, 3.8) is 0 Å². The molecule has 3 aromatic rings. The predicted octanol–water partition coefficient (Wildman–Crippen LogP) is 2.94. The van der Waals surface area contributed by atoms with Crippen LogP contribution in [0.3, 0.4) is 0 Å². The molecule has 18 heavy (non-hydrogen) atoms. The minimum atomic E-state index is -0.540. The third kappa shape index (κ3) is 1.86. The van der Waals surface area contributed by atoms with Crippen molar-refractivity contribution >= 4 is 0 Å². The summed E-state index contributed by atoms with van der Waals surface area (Å²) in [6.45, 7) is 0. The van der Waals surface area contributed by atoms with E-state index in [-0.39, 0.29) is 0 Å². The molecule has 0 saturated heterocycles. The van der Waals surface area contributed by atoms with Crippen molar-refractivity contribution in [2.45, 2.75) is 0 Å². The van der Waals surface area contributed by atoms with Gasteiger partial charge in [0.25, 0.3) is 0 Å². The highest BCUT2D eigenvalue weighted by atomic mass is 19.1. The van der Waals surface area contributed by atoms with Crippen LogP contribution in [0.25, 0.3) is 22.6 Å². The monoisotopic (exact) mass is 241 g/mol. The van der Waals surface area contributed by atoms with Crippen LogP contribution in [-0.4, -0.2) is 15.0 Å².